The van der Waals surface area contributed by atoms with Crippen LogP contribution < -0.4 is 10.6 Å². The van der Waals surface area contributed by atoms with Gasteiger partial charge in [-0.15, -0.1) is 0 Å². The summed E-state index contributed by atoms with van der Waals surface area (Å²) in [5.74, 6) is 1.25. The molecule has 0 saturated carbocycles. The summed E-state index contributed by atoms with van der Waals surface area (Å²) in [6.07, 6.45) is 1.20. The van der Waals surface area contributed by atoms with Gasteiger partial charge in [0.2, 0.25) is 11.9 Å². The Kier molecular flexibility index (Phi) is 5.27. The molecule has 3 atom stereocenters. The van der Waals surface area contributed by atoms with Crippen LogP contribution in [0.5, 0.6) is 0 Å². The lowest BCUT2D eigenvalue weighted by Gasteiger charge is -2.35. The number of hydrogen-bond donors (Lipinski definition) is 2. The van der Waals surface area contributed by atoms with Gasteiger partial charge in [-0.25, -0.2) is 4.99 Å². The predicted molar refractivity (Wildman–Crippen MR) is 98.6 cm³/mol. The number of likely N-dealkylation sites (tertiary alicyclic amines) is 1. The lowest BCUT2D eigenvalue weighted by atomic mass is 9.92. The number of nitrogens with zero attached hydrogens (tertiary/aromatic N) is 2. The van der Waals surface area contributed by atoms with Gasteiger partial charge >= 0.3 is 0 Å². The maximum absolute atomic E-state index is 12.2. The van der Waals surface area contributed by atoms with Gasteiger partial charge in [-0.2, -0.15) is 0 Å². The van der Waals surface area contributed by atoms with Gasteiger partial charge in [0.1, 0.15) is 6.04 Å². The van der Waals surface area contributed by atoms with E-state index in [0.29, 0.717) is 28.5 Å². The Balaban J connectivity index is 1.61. The molecule has 0 spiro atoms. The third kappa shape index (κ3) is 4.51. The highest BCUT2D eigenvalue weighted by molar-refractivity contribution is 6.30. The van der Waals surface area contributed by atoms with Crippen molar-refractivity contribution in [3.05, 3.63) is 29.3 Å². The number of halogens is 1. The Morgan fingerprint density at radius 3 is 2.76 bits per heavy atom. The van der Waals surface area contributed by atoms with Gasteiger partial charge in [0.25, 0.3) is 5.91 Å². The number of anilines is 1. The van der Waals surface area contributed by atoms with Gasteiger partial charge in [-0.05, 0) is 36.5 Å². The van der Waals surface area contributed by atoms with Crippen LogP contribution in [0, 0.1) is 11.8 Å². The van der Waals surface area contributed by atoms with E-state index in [-0.39, 0.29) is 18.2 Å². The molecule has 0 aliphatic carbocycles. The molecule has 1 saturated heterocycles. The van der Waals surface area contributed by atoms with Crippen LogP contribution in [0.2, 0.25) is 5.02 Å². The lowest BCUT2D eigenvalue weighted by Crippen LogP contribution is -2.47. The number of aliphatic imine (C=N–C) groups is 1. The third-order valence-electron chi connectivity index (χ3n) is 4.47. The normalized spacial score (nSPS) is 26.2. The number of amides is 2. The fraction of sp³-hybridized carbons (Fsp3) is 0.500. The molecule has 2 N–H and O–H groups in total. The van der Waals surface area contributed by atoms with E-state index in [9.17, 15) is 9.59 Å². The molecule has 2 aliphatic heterocycles. The molecule has 0 unspecified atom stereocenters. The second kappa shape index (κ2) is 7.44. The number of nitrogens with one attached hydrogen (secondary N) is 2. The largest absolute Gasteiger partial charge is 0.342 e. The first-order valence-electron chi connectivity index (χ1n) is 8.59. The molecule has 6 nitrogen and oxygen atoms in total. The summed E-state index contributed by atoms with van der Waals surface area (Å²) in [6.45, 7) is 6.17. The van der Waals surface area contributed by atoms with E-state index in [2.05, 4.69) is 34.4 Å². The van der Waals surface area contributed by atoms with Crippen molar-refractivity contribution < 1.29 is 9.59 Å². The summed E-state index contributed by atoms with van der Waals surface area (Å²) in [5, 5.41) is 6.13. The van der Waals surface area contributed by atoms with Crippen molar-refractivity contribution in [3.8, 4) is 0 Å². The average Bonchev–Trinajstić information content (AvgIpc) is 2.87. The van der Waals surface area contributed by atoms with E-state index >= 15 is 0 Å². The average molecular weight is 363 g/mol. The Labute approximate surface area is 152 Å². The Bertz CT molecular complexity index is 696. The Hall–Kier alpha value is -2.08. The van der Waals surface area contributed by atoms with Gasteiger partial charge in [-0.3, -0.25) is 14.9 Å². The van der Waals surface area contributed by atoms with Gasteiger partial charge in [-0.1, -0.05) is 31.5 Å². The zero-order valence-corrected chi connectivity index (χ0v) is 15.2. The fourth-order valence-corrected chi connectivity index (χ4v) is 3.71. The molecule has 7 heteroatoms. The van der Waals surface area contributed by atoms with E-state index in [0.717, 1.165) is 13.1 Å². The topological polar surface area (TPSA) is 73.8 Å². The molecule has 1 aromatic carbocycles. The van der Waals surface area contributed by atoms with Gasteiger partial charge < -0.3 is 10.2 Å². The van der Waals surface area contributed by atoms with Crippen molar-refractivity contribution in [2.24, 2.45) is 16.8 Å². The number of rotatable bonds is 3. The monoisotopic (exact) mass is 362 g/mol. The molecule has 0 radical (unpaired) electrons. The van der Waals surface area contributed by atoms with Crippen molar-refractivity contribution in [1.29, 1.82) is 0 Å². The smallest absolute Gasteiger partial charge is 0.252 e. The van der Waals surface area contributed by atoms with Crippen molar-refractivity contribution in [1.82, 2.24) is 10.2 Å². The number of carbonyl (C=O) groups excluding carboxylic acids is 2. The first-order valence-corrected chi connectivity index (χ1v) is 8.97. The van der Waals surface area contributed by atoms with Crippen LogP contribution in [0.3, 0.4) is 0 Å². The standard InChI is InChI=1S/C18H23ClN4O2/c1-11-6-12(2)10-23(9-11)18-21-15(17(25)22-18)8-16(24)20-14-5-3-4-13(19)7-14/h3-5,7,11-12,15H,6,8-10H2,1-2H3,(H,20,24)(H,21,22,25)/t11-,12-,15-/m0/s1. The SMILES string of the molecule is C[C@H]1C[C@H](C)CN(C2=N[C@@H](CC(=O)Nc3cccc(Cl)c3)C(=O)N2)C1. The summed E-state index contributed by atoms with van der Waals surface area (Å²) in [7, 11) is 0. The first kappa shape index (κ1) is 17.7. The molecule has 25 heavy (non-hydrogen) atoms. The molecule has 134 valence electrons. The molecular weight excluding hydrogens is 340 g/mol. The summed E-state index contributed by atoms with van der Waals surface area (Å²) >= 11 is 5.91. The predicted octanol–water partition coefficient (Wildman–Crippen LogP) is 2.50. The first-order chi connectivity index (χ1) is 11.9. The van der Waals surface area contributed by atoms with Crippen LogP contribution in [-0.2, 0) is 9.59 Å². The maximum atomic E-state index is 12.2. The summed E-state index contributed by atoms with van der Waals surface area (Å²) in [5.41, 5.74) is 0.610. The van der Waals surface area contributed by atoms with E-state index in [1.165, 1.54) is 6.42 Å². The minimum absolute atomic E-state index is 0.0147. The maximum Gasteiger partial charge on any atom is 0.252 e. The highest BCUT2D eigenvalue weighted by atomic mass is 35.5. The second-order valence-electron chi connectivity index (χ2n) is 7.07. The third-order valence-corrected chi connectivity index (χ3v) is 4.71. The van der Waals surface area contributed by atoms with E-state index < -0.39 is 6.04 Å². The quantitative estimate of drug-likeness (QED) is 0.867. The molecule has 1 aromatic rings. The van der Waals surface area contributed by atoms with Gasteiger partial charge in [0.05, 0.1) is 6.42 Å². The van der Waals surface area contributed by atoms with Crippen LogP contribution >= 0.6 is 11.6 Å². The minimum Gasteiger partial charge on any atom is -0.342 e. The molecule has 2 aliphatic rings. The number of carbonyl (C=O) groups is 2. The summed E-state index contributed by atoms with van der Waals surface area (Å²) < 4.78 is 0. The molecule has 0 aromatic heterocycles. The molecule has 2 amide bonds. The Morgan fingerprint density at radius 1 is 1.36 bits per heavy atom. The molecule has 0 bridgehead atoms. The fourth-order valence-electron chi connectivity index (χ4n) is 3.52. The zero-order valence-electron chi connectivity index (χ0n) is 14.5. The zero-order chi connectivity index (χ0) is 18.0. The molecule has 1 fully saturated rings. The molecule has 2 heterocycles. The van der Waals surface area contributed by atoms with Crippen molar-refractivity contribution in [2.75, 3.05) is 18.4 Å². The van der Waals surface area contributed by atoms with Crippen LogP contribution in [0.25, 0.3) is 0 Å². The lowest BCUT2D eigenvalue weighted by molar-refractivity contribution is -0.124. The van der Waals surface area contributed by atoms with Crippen LogP contribution in [0.15, 0.2) is 29.3 Å². The number of benzene rings is 1. The summed E-state index contributed by atoms with van der Waals surface area (Å²) in [6, 6.07) is 6.23. The minimum atomic E-state index is -0.679. The van der Waals surface area contributed by atoms with Gasteiger partial charge in [0, 0.05) is 23.8 Å². The number of piperidine rings is 1. The van der Waals surface area contributed by atoms with E-state index in [1.54, 1.807) is 24.3 Å². The summed E-state index contributed by atoms with van der Waals surface area (Å²) in [4.78, 5) is 30.9. The van der Waals surface area contributed by atoms with Crippen LogP contribution in [0.4, 0.5) is 5.69 Å². The van der Waals surface area contributed by atoms with Crippen LogP contribution in [0.1, 0.15) is 26.7 Å². The number of guanidine groups is 1. The van der Waals surface area contributed by atoms with Crippen molar-refractivity contribution >= 4 is 35.1 Å². The van der Waals surface area contributed by atoms with Crippen LogP contribution in [-0.4, -0.2) is 41.8 Å². The molecular formula is C18H23ClN4O2. The van der Waals surface area contributed by atoms with E-state index in [1.807, 2.05) is 0 Å². The highest BCUT2D eigenvalue weighted by Gasteiger charge is 2.33. The Morgan fingerprint density at radius 2 is 2.08 bits per heavy atom. The highest BCUT2D eigenvalue weighted by Crippen LogP contribution is 2.22. The van der Waals surface area contributed by atoms with Crippen molar-refractivity contribution in [3.63, 3.8) is 0 Å². The second-order valence-corrected chi connectivity index (χ2v) is 7.51. The number of hydrogen-bond acceptors (Lipinski definition) is 4. The van der Waals surface area contributed by atoms with E-state index in [4.69, 9.17) is 11.6 Å². The molecule has 3 rings (SSSR count). The van der Waals surface area contributed by atoms with Crippen molar-refractivity contribution in [2.45, 2.75) is 32.7 Å². The van der Waals surface area contributed by atoms with Gasteiger partial charge in [0.15, 0.2) is 0 Å².